The molecular weight excluding hydrogens is 164 g/mol. The Hall–Kier alpha value is -0.830. The third-order valence-electron chi connectivity index (χ3n) is 2.53. The monoisotopic (exact) mass is 180 g/mol. The summed E-state index contributed by atoms with van der Waals surface area (Å²) in [5, 5.41) is 3.22. The van der Waals surface area contributed by atoms with Crippen LogP contribution in [0.15, 0.2) is 4.42 Å². The lowest BCUT2D eigenvalue weighted by atomic mass is 10.0. The molecule has 0 unspecified atom stereocenters. The average molecular weight is 180 g/mol. The van der Waals surface area contributed by atoms with Crippen molar-refractivity contribution in [1.82, 2.24) is 10.3 Å². The number of hydrogen-bond donors (Lipinski definition) is 1. The van der Waals surface area contributed by atoms with Crippen LogP contribution in [0, 0.1) is 6.92 Å². The van der Waals surface area contributed by atoms with Crippen LogP contribution in [0.1, 0.15) is 43.0 Å². The topological polar surface area (TPSA) is 38.1 Å². The minimum atomic E-state index is 0.463. The Morgan fingerprint density at radius 3 is 2.54 bits per heavy atom. The number of aromatic nitrogens is 1. The number of oxazole rings is 1. The van der Waals surface area contributed by atoms with Gasteiger partial charge in [0.1, 0.15) is 5.76 Å². The van der Waals surface area contributed by atoms with Crippen molar-refractivity contribution in [3.05, 3.63) is 17.3 Å². The van der Waals surface area contributed by atoms with Crippen LogP contribution in [0.2, 0.25) is 0 Å². The zero-order valence-corrected chi connectivity index (χ0v) is 8.42. The predicted octanol–water partition coefficient (Wildman–Crippen LogP) is 1.79. The number of nitrogens with zero attached hydrogens (tertiary/aromatic N) is 1. The summed E-state index contributed by atoms with van der Waals surface area (Å²) in [6, 6.07) is 0. The number of hydrogen-bond acceptors (Lipinski definition) is 3. The van der Waals surface area contributed by atoms with Gasteiger partial charge in [-0.1, -0.05) is 13.8 Å². The van der Waals surface area contributed by atoms with Crippen molar-refractivity contribution in [3.8, 4) is 0 Å². The van der Waals surface area contributed by atoms with Gasteiger partial charge in [-0.05, 0) is 12.8 Å². The van der Waals surface area contributed by atoms with Crippen LogP contribution in [0.4, 0.5) is 0 Å². The highest BCUT2D eigenvalue weighted by atomic mass is 16.4. The molecule has 0 bridgehead atoms. The first-order chi connectivity index (χ1) is 6.18. The highest BCUT2D eigenvalue weighted by molar-refractivity contribution is 5.15. The van der Waals surface area contributed by atoms with E-state index in [0.29, 0.717) is 11.8 Å². The molecule has 0 aromatic carbocycles. The van der Waals surface area contributed by atoms with E-state index in [4.69, 9.17) is 4.42 Å². The maximum Gasteiger partial charge on any atom is 0.200 e. The highest BCUT2D eigenvalue weighted by Gasteiger charge is 2.25. The molecule has 1 aliphatic heterocycles. The molecule has 1 fully saturated rings. The van der Waals surface area contributed by atoms with Crippen LogP contribution < -0.4 is 5.32 Å². The standard InChI is InChI=1S/C10H16N2O/c1-6(2)9-7(3)13-10(12-9)8-4-11-5-8/h6,8,11H,4-5H2,1-3H3. The molecule has 0 saturated carbocycles. The van der Waals surface area contributed by atoms with Gasteiger partial charge in [-0.15, -0.1) is 0 Å². The first kappa shape index (κ1) is 8.75. The van der Waals surface area contributed by atoms with Gasteiger partial charge in [0.15, 0.2) is 5.89 Å². The van der Waals surface area contributed by atoms with Crippen LogP contribution in [-0.4, -0.2) is 18.1 Å². The first-order valence-electron chi connectivity index (χ1n) is 4.86. The maximum absolute atomic E-state index is 5.63. The lowest BCUT2D eigenvalue weighted by Gasteiger charge is -2.23. The average Bonchev–Trinajstić information content (AvgIpc) is 2.27. The van der Waals surface area contributed by atoms with E-state index in [1.807, 2.05) is 6.92 Å². The summed E-state index contributed by atoms with van der Waals surface area (Å²) in [4.78, 5) is 4.52. The fourth-order valence-corrected chi connectivity index (χ4v) is 1.60. The molecular formula is C10H16N2O. The summed E-state index contributed by atoms with van der Waals surface area (Å²) < 4.78 is 5.63. The summed E-state index contributed by atoms with van der Waals surface area (Å²) in [6.07, 6.45) is 0. The second-order valence-electron chi connectivity index (χ2n) is 4.00. The molecule has 0 radical (unpaired) electrons. The molecule has 2 rings (SSSR count). The molecule has 1 aromatic heterocycles. The highest BCUT2D eigenvalue weighted by Crippen LogP contribution is 2.25. The third-order valence-corrected chi connectivity index (χ3v) is 2.53. The molecule has 0 atom stereocenters. The van der Waals surface area contributed by atoms with Crippen molar-refractivity contribution < 1.29 is 4.42 Å². The second-order valence-corrected chi connectivity index (χ2v) is 4.00. The third kappa shape index (κ3) is 1.48. The molecule has 1 aromatic rings. The lowest BCUT2D eigenvalue weighted by Crippen LogP contribution is -2.40. The Labute approximate surface area is 78.5 Å². The van der Waals surface area contributed by atoms with Gasteiger partial charge in [-0.25, -0.2) is 4.98 Å². The number of nitrogens with one attached hydrogen (secondary N) is 1. The number of aryl methyl sites for hydroxylation is 1. The summed E-state index contributed by atoms with van der Waals surface area (Å²) in [5.74, 6) is 2.87. The maximum atomic E-state index is 5.63. The van der Waals surface area contributed by atoms with E-state index in [-0.39, 0.29) is 0 Å². The zero-order chi connectivity index (χ0) is 9.42. The molecule has 1 aliphatic rings. The molecule has 0 spiro atoms. The van der Waals surface area contributed by atoms with E-state index in [9.17, 15) is 0 Å². The molecule has 3 nitrogen and oxygen atoms in total. The Morgan fingerprint density at radius 1 is 1.46 bits per heavy atom. The second kappa shape index (κ2) is 3.14. The van der Waals surface area contributed by atoms with Gasteiger partial charge < -0.3 is 9.73 Å². The van der Waals surface area contributed by atoms with Crippen LogP contribution in [0.25, 0.3) is 0 Å². The van der Waals surface area contributed by atoms with Crippen LogP contribution >= 0.6 is 0 Å². The summed E-state index contributed by atoms with van der Waals surface area (Å²) in [6.45, 7) is 8.31. The summed E-state index contributed by atoms with van der Waals surface area (Å²) >= 11 is 0. The minimum Gasteiger partial charge on any atom is -0.445 e. The molecule has 3 heteroatoms. The van der Waals surface area contributed by atoms with E-state index in [1.54, 1.807) is 0 Å². The first-order valence-corrected chi connectivity index (χ1v) is 4.86. The van der Waals surface area contributed by atoms with Crippen LogP contribution in [0.3, 0.4) is 0 Å². The largest absolute Gasteiger partial charge is 0.445 e. The zero-order valence-electron chi connectivity index (χ0n) is 8.42. The molecule has 13 heavy (non-hydrogen) atoms. The molecule has 72 valence electrons. The Kier molecular flexibility index (Phi) is 2.12. The van der Waals surface area contributed by atoms with E-state index in [1.165, 1.54) is 0 Å². The van der Waals surface area contributed by atoms with Crippen LogP contribution in [-0.2, 0) is 0 Å². The summed E-state index contributed by atoms with van der Waals surface area (Å²) in [7, 11) is 0. The van der Waals surface area contributed by atoms with Crippen molar-refractivity contribution in [2.45, 2.75) is 32.6 Å². The van der Waals surface area contributed by atoms with Gasteiger partial charge in [0.25, 0.3) is 0 Å². The molecule has 2 heterocycles. The van der Waals surface area contributed by atoms with Crippen molar-refractivity contribution in [2.24, 2.45) is 0 Å². The Bertz CT molecular complexity index is 300. The van der Waals surface area contributed by atoms with E-state index < -0.39 is 0 Å². The smallest absolute Gasteiger partial charge is 0.200 e. The van der Waals surface area contributed by atoms with Crippen molar-refractivity contribution >= 4 is 0 Å². The van der Waals surface area contributed by atoms with Crippen molar-refractivity contribution in [3.63, 3.8) is 0 Å². The van der Waals surface area contributed by atoms with E-state index >= 15 is 0 Å². The Balaban J connectivity index is 2.23. The molecule has 1 saturated heterocycles. The van der Waals surface area contributed by atoms with Crippen molar-refractivity contribution in [2.75, 3.05) is 13.1 Å². The number of rotatable bonds is 2. The van der Waals surface area contributed by atoms with Gasteiger partial charge in [0.05, 0.1) is 11.6 Å². The van der Waals surface area contributed by atoms with Gasteiger partial charge in [0, 0.05) is 13.1 Å². The molecule has 0 aliphatic carbocycles. The van der Waals surface area contributed by atoms with Crippen LogP contribution in [0.5, 0.6) is 0 Å². The lowest BCUT2D eigenvalue weighted by molar-refractivity contribution is 0.350. The van der Waals surface area contributed by atoms with E-state index in [0.717, 1.165) is 30.4 Å². The quantitative estimate of drug-likeness (QED) is 0.754. The van der Waals surface area contributed by atoms with Gasteiger partial charge >= 0.3 is 0 Å². The SMILES string of the molecule is Cc1oc(C2CNC2)nc1C(C)C. The van der Waals surface area contributed by atoms with Gasteiger partial charge in [-0.2, -0.15) is 0 Å². The van der Waals surface area contributed by atoms with E-state index in [2.05, 4.69) is 24.1 Å². The van der Waals surface area contributed by atoms with Crippen molar-refractivity contribution in [1.29, 1.82) is 0 Å². The molecule has 0 amide bonds. The van der Waals surface area contributed by atoms with Gasteiger partial charge in [0.2, 0.25) is 0 Å². The van der Waals surface area contributed by atoms with Gasteiger partial charge in [-0.3, -0.25) is 0 Å². The Morgan fingerprint density at radius 2 is 2.15 bits per heavy atom. The normalized spacial score (nSPS) is 17.8. The fraction of sp³-hybridized carbons (Fsp3) is 0.700. The fourth-order valence-electron chi connectivity index (χ4n) is 1.60. The minimum absolute atomic E-state index is 0.463. The summed E-state index contributed by atoms with van der Waals surface area (Å²) in [5.41, 5.74) is 1.11. The molecule has 1 N–H and O–H groups in total. The predicted molar refractivity (Wildman–Crippen MR) is 50.9 cm³/mol.